The highest BCUT2D eigenvalue weighted by molar-refractivity contribution is 5.92. The van der Waals surface area contributed by atoms with Crippen LogP contribution in [-0.4, -0.2) is 33.1 Å². The van der Waals surface area contributed by atoms with Crippen LogP contribution < -0.4 is 4.74 Å². The van der Waals surface area contributed by atoms with Gasteiger partial charge in [0.25, 0.3) is 0 Å². The zero-order valence-corrected chi connectivity index (χ0v) is 14.6. The average molecular weight is 359 g/mol. The first-order valence-corrected chi connectivity index (χ1v) is 8.44. The van der Waals surface area contributed by atoms with Crippen LogP contribution in [0.5, 0.6) is 5.75 Å². The van der Waals surface area contributed by atoms with E-state index >= 15 is 0 Å². The Hall–Kier alpha value is -3.67. The first-order chi connectivity index (χ1) is 13.2. The van der Waals surface area contributed by atoms with Crippen LogP contribution in [0.3, 0.4) is 0 Å². The molecule has 27 heavy (non-hydrogen) atoms. The Labute approximate surface area is 155 Å². The van der Waals surface area contributed by atoms with E-state index in [4.69, 9.17) is 4.74 Å². The lowest BCUT2D eigenvalue weighted by atomic mass is 10.0. The Balaban J connectivity index is 1.87. The van der Waals surface area contributed by atoms with Crippen LogP contribution in [0.2, 0.25) is 0 Å². The second-order valence-corrected chi connectivity index (χ2v) is 6.13. The number of ether oxygens (including phenoxy) is 1. The predicted molar refractivity (Wildman–Crippen MR) is 102 cm³/mol. The quantitative estimate of drug-likeness (QED) is 0.564. The molecule has 4 rings (SSSR count). The number of carbonyl (C=O) groups is 1. The molecular weight excluding hydrogens is 342 g/mol. The number of hydrogen-bond donors (Lipinski definition) is 2. The van der Waals surface area contributed by atoms with Gasteiger partial charge in [-0.2, -0.15) is 0 Å². The average Bonchev–Trinajstić information content (AvgIpc) is 3.06. The molecule has 6 nitrogen and oxygen atoms in total. The van der Waals surface area contributed by atoms with E-state index in [0.717, 1.165) is 33.5 Å². The van der Waals surface area contributed by atoms with Gasteiger partial charge in [0.1, 0.15) is 11.4 Å². The molecule has 2 N–H and O–H groups in total. The highest BCUT2D eigenvalue weighted by Crippen LogP contribution is 2.33. The van der Waals surface area contributed by atoms with Crippen LogP contribution in [0.15, 0.2) is 60.9 Å². The Morgan fingerprint density at radius 1 is 1.19 bits per heavy atom. The summed E-state index contributed by atoms with van der Waals surface area (Å²) in [6.45, 7) is 0. The first-order valence-electron chi connectivity index (χ1n) is 8.44. The number of aromatic nitrogens is 3. The number of H-pyrrole nitrogens is 1. The van der Waals surface area contributed by atoms with Crippen molar-refractivity contribution in [1.29, 1.82) is 0 Å². The number of aromatic carboxylic acids is 1. The molecule has 0 amide bonds. The molecule has 0 aliphatic carbocycles. The molecule has 4 aromatic rings. The van der Waals surface area contributed by atoms with Crippen LogP contribution in [0.1, 0.15) is 21.7 Å². The summed E-state index contributed by atoms with van der Waals surface area (Å²) in [4.78, 5) is 23.2. The monoisotopic (exact) mass is 359 g/mol. The van der Waals surface area contributed by atoms with Crippen LogP contribution in [0.4, 0.5) is 0 Å². The summed E-state index contributed by atoms with van der Waals surface area (Å²) >= 11 is 0. The zero-order valence-electron chi connectivity index (χ0n) is 14.6. The lowest BCUT2D eigenvalue weighted by molar-refractivity contribution is 0.0690. The van der Waals surface area contributed by atoms with E-state index in [1.54, 1.807) is 25.6 Å². The summed E-state index contributed by atoms with van der Waals surface area (Å²) < 4.78 is 5.33. The van der Waals surface area contributed by atoms with Gasteiger partial charge in [-0.1, -0.05) is 6.07 Å². The summed E-state index contributed by atoms with van der Waals surface area (Å²) in [5, 5.41) is 10.2. The summed E-state index contributed by atoms with van der Waals surface area (Å²) in [5.74, 6) is -0.271. The molecule has 0 unspecified atom stereocenters. The Bertz CT molecular complexity index is 1120. The summed E-state index contributed by atoms with van der Waals surface area (Å²) in [7, 11) is 1.63. The highest BCUT2D eigenvalue weighted by atomic mass is 16.5. The SMILES string of the molecule is COc1ccc2c(Cc3cccc(C(=O)O)n3)c(-c3cccnc3)[nH]c2c1. The molecule has 0 saturated heterocycles. The van der Waals surface area contributed by atoms with Crippen LogP contribution in [-0.2, 0) is 6.42 Å². The molecule has 6 heteroatoms. The normalized spacial score (nSPS) is 10.9. The molecular formula is C21H17N3O3. The van der Waals surface area contributed by atoms with Gasteiger partial charge in [-0.25, -0.2) is 9.78 Å². The van der Waals surface area contributed by atoms with Gasteiger partial charge < -0.3 is 14.8 Å². The smallest absolute Gasteiger partial charge is 0.354 e. The van der Waals surface area contributed by atoms with E-state index in [1.165, 1.54) is 6.07 Å². The number of hydrogen-bond acceptors (Lipinski definition) is 4. The largest absolute Gasteiger partial charge is 0.497 e. The topological polar surface area (TPSA) is 88.1 Å². The minimum atomic E-state index is -1.03. The van der Waals surface area contributed by atoms with Crippen LogP contribution >= 0.6 is 0 Å². The number of carboxylic acid groups (broad SMARTS) is 1. The molecule has 0 bridgehead atoms. The van der Waals surface area contributed by atoms with Crippen molar-refractivity contribution in [1.82, 2.24) is 15.0 Å². The fourth-order valence-corrected chi connectivity index (χ4v) is 3.18. The third-order valence-corrected chi connectivity index (χ3v) is 4.45. The fraction of sp³-hybridized carbons (Fsp3) is 0.0952. The first kappa shape index (κ1) is 16.8. The van der Waals surface area contributed by atoms with Crippen molar-refractivity contribution in [2.45, 2.75) is 6.42 Å². The number of carboxylic acids is 1. The number of fused-ring (bicyclic) bond motifs is 1. The van der Waals surface area contributed by atoms with E-state index in [2.05, 4.69) is 15.0 Å². The van der Waals surface area contributed by atoms with Crippen LogP contribution in [0, 0.1) is 0 Å². The minimum Gasteiger partial charge on any atom is -0.497 e. The predicted octanol–water partition coefficient (Wildman–Crippen LogP) is 3.92. The van der Waals surface area contributed by atoms with Gasteiger partial charge in [0.15, 0.2) is 0 Å². The maximum atomic E-state index is 11.2. The maximum Gasteiger partial charge on any atom is 0.354 e. The van der Waals surface area contributed by atoms with Gasteiger partial charge in [-0.3, -0.25) is 4.98 Å². The molecule has 0 spiro atoms. The van der Waals surface area contributed by atoms with Crippen molar-refractivity contribution in [2.75, 3.05) is 7.11 Å². The molecule has 3 heterocycles. The number of benzene rings is 1. The molecule has 134 valence electrons. The highest BCUT2D eigenvalue weighted by Gasteiger charge is 2.16. The number of nitrogens with zero attached hydrogens (tertiary/aromatic N) is 2. The van der Waals surface area contributed by atoms with E-state index in [9.17, 15) is 9.90 Å². The summed E-state index contributed by atoms with van der Waals surface area (Å²) in [5.41, 5.74) is 4.60. The van der Waals surface area contributed by atoms with Gasteiger partial charge in [0.05, 0.1) is 12.8 Å². The second kappa shape index (κ2) is 6.92. The van der Waals surface area contributed by atoms with Crippen molar-refractivity contribution in [3.05, 3.63) is 77.9 Å². The summed E-state index contributed by atoms with van der Waals surface area (Å²) in [6, 6.07) is 14.8. The van der Waals surface area contributed by atoms with Crippen molar-refractivity contribution < 1.29 is 14.6 Å². The molecule has 0 aliphatic rings. The molecule has 0 saturated carbocycles. The lowest BCUT2D eigenvalue weighted by Crippen LogP contribution is -2.03. The Kier molecular flexibility index (Phi) is 4.30. The minimum absolute atomic E-state index is 0.0388. The molecule has 3 aromatic heterocycles. The van der Waals surface area contributed by atoms with Crippen molar-refractivity contribution in [2.24, 2.45) is 0 Å². The van der Waals surface area contributed by atoms with Gasteiger partial charge in [-0.15, -0.1) is 0 Å². The van der Waals surface area contributed by atoms with E-state index in [0.29, 0.717) is 12.1 Å². The van der Waals surface area contributed by atoms with Crippen LogP contribution in [0.25, 0.3) is 22.2 Å². The Morgan fingerprint density at radius 2 is 2.07 bits per heavy atom. The third kappa shape index (κ3) is 3.25. The van der Waals surface area contributed by atoms with E-state index < -0.39 is 5.97 Å². The standard InChI is InChI=1S/C21H17N3O3/c1-27-15-7-8-16-17(10-14-5-2-6-18(23-14)21(25)26)20(24-19(16)11-15)13-4-3-9-22-12-13/h2-9,11-12,24H,10H2,1H3,(H,25,26). The molecule has 0 fully saturated rings. The Morgan fingerprint density at radius 3 is 2.81 bits per heavy atom. The van der Waals surface area contributed by atoms with Crippen molar-refractivity contribution in [3.8, 4) is 17.0 Å². The summed E-state index contributed by atoms with van der Waals surface area (Å²) in [6.07, 6.45) is 4.02. The van der Waals surface area contributed by atoms with E-state index in [1.807, 2.05) is 36.4 Å². The van der Waals surface area contributed by atoms with E-state index in [-0.39, 0.29) is 5.69 Å². The zero-order chi connectivity index (χ0) is 18.8. The van der Waals surface area contributed by atoms with Gasteiger partial charge in [0.2, 0.25) is 0 Å². The molecule has 1 aromatic carbocycles. The van der Waals surface area contributed by atoms with Gasteiger partial charge >= 0.3 is 5.97 Å². The molecule has 0 atom stereocenters. The number of methoxy groups -OCH3 is 1. The number of aromatic amines is 1. The van der Waals surface area contributed by atoms with Crippen molar-refractivity contribution >= 4 is 16.9 Å². The maximum absolute atomic E-state index is 11.2. The molecule has 0 aliphatic heterocycles. The number of rotatable bonds is 5. The number of nitrogens with one attached hydrogen (secondary N) is 1. The van der Waals surface area contributed by atoms with Crippen molar-refractivity contribution in [3.63, 3.8) is 0 Å². The molecule has 0 radical (unpaired) electrons. The van der Waals surface area contributed by atoms with Gasteiger partial charge in [0, 0.05) is 47.0 Å². The number of pyridine rings is 2. The lowest BCUT2D eigenvalue weighted by Gasteiger charge is -2.06. The fourth-order valence-electron chi connectivity index (χ4n) is 3.18. The second-order valence-electron chi connectivity index (χ2n) is 6.13. The third-order valence-electron chi connectivity index (χ3n) is 4.45. The van der Waals surface area contributed by atoms with Gasteiger partial charge in [-0.05, 0) is 42.0 Å².